The third-order valence-corrected chi connectivity index (χ3v) is 6.70. The molecule has 2 aliphatic heterocycles. The topological polar surface area (TPSA) is 93.9 Å². The molecule has 190 valence electrons. The summed E-state index contributed by atoms with van der Waals surface area (Å²) >= 11 is 0. The second-order valence-corrected chi connectivity index (χ2v) is 8.89. The number of hydrogen-bond acceptors (Lipinski definition) is 6. The van der Waals surface area contributed by atoms with E-state index in [1.54, 1.807) is 11.0 Å². The fourth-order valence-corrected chi connectivity index (χ4v) is 4.60. The van der Waals surface area contributed by atoms with Crippen molar-refractivity contribution in [2.75, 3.05) is 51.2 Å². The Hall–Kier alpha value is -3.12. The fourth-order valence-electron chi connectivity index (χ4n) is 4.60. The molecule has 1 amide bonds. The van der Waals surface area contributed by atoms with E-state index in [1.807, 2.05) is 11.9 Å². The van der Waals surface area contributed by atoms with E-state index in [-0.39, 0.29) is 5.69 Å². The van der Waals surface area contributed by atoms with Gasteiger partial charge in [-0.2, -0.15) is 23.0 Å². The Morgan fingerprint density at radius 2 is 1.77 bits per heavy atom. The molecular weight excluding hydrogens is 465 g/mol. The zero-order valence-corrected chi connectivity index (χ0v) is 19.5. The van der Waals surface area contributed by atoms with Crippen LogP contribution in [0.5, 0.6) is 0 Å². The average molecular weight is 495 g/mol. The van der Waals surface area contributed by atoms with Gasteiger partial charge in [-0.25, -0.2) is 9.59 Å². The average Bonchev–Trinajstić information content (AvgIpc) is 3.35. The van der Waals surface area contributed by atoms with Gasteiger partial charge in [0.25, 0.3) is 0 Å². The van der Waals surface area contributed by atoms with Crippen LogP contribution in [-0.2, 0) is 12.7 Å². The van der Waals surface area contributed by atoms with Gasteiger partial charge in [-0.05, 0) is 43.7 Å². The molecule has 0 atom stereocenters. The van der Waals surface area contributed by atoms with Gasteiger partial charge in [0, 0.05) is 63.7 Å². The number of alkyl halides is 3. The molecule has 0 unspecified atom stereocenters. The molecule has 4 rings (SSSR count). The lowest BCUT2D eigenvalue weighted by Gasteiger charge is -2.37. The molecule has 2 aromatic rings. The maximum atomic E-state index is 13.4. The number of carboxylic acid groups (broad SMARTS) is 1. The number of aromatic carboxylic acids is 1. The summed E-state index contributed by atoms with van der Waals surface area (Å²) in [5.74, 6) is -1.20. The van der Waals surface area contributed by atoms with Gasteiger partial charge in [0.2, 0.25) is 0 Å². The Balaban J connectivity index is 1.43. The van der Waals surface area contributed by atoms with Gasteiger partial charge in [0.1, 0.15) is 0 Å². The third kappa shape index (κ3) is 5.76. The zero-order valence-electron chi connectivity index (χ0n) is 19.5. The summed E-state index contributed by atoms with van der Waals surface area (Å²) in [7, 11) is 1.90. The minimum Gasteiger partial charge on any atom is -0.476 e. The van der Waals surface area contributed by atoms with E-state index in [0.717, 1.165) is 29.2 Å². The van der Waals surface area contributed by atoms with Crippen molar-refractivity contribution in [2.24, 2.45) is 0 Å². The van der Waals surface area contributed by atoms with Crippen LogP contribution in [-0.4, -0.2) is 89.0 Å². The van der Waals surface area contributed by atoms with E-state index in [1.165, 1.54) is 18.3 Å². The molecule has 3 heterocycles. The summed E-state index contributed by atoms with van der Waals surface area (Å²) in [6.07, 6.45) is -1.35. The van der Waals surface area contributed by atoms with Gasteiger partial charge in [0.05, 0.1) is 5.56 Å². The molecule has 2 aliphatic rings. The number of piperidine rings is 1. The number of hydrogen-bond donors (Lipinski definition) is 2. The molecule has 2 N–H and O–H groups in total. The smallest absolute Gasteiger partial charge is 0.416 e. The number of amides is 1. The van der Waals surface area contributed by atoms with E-state index in [0.29, 0.717) is 57.5 Å². The maximum Gasteiger partial charge on any atom is 0.416 e. The lowest BCUT2D eigenvalue weighted by atomic mass is 10.0. The predicted molar refractivity (Wildman–Crippen MR) is 123 cm³/mol. The first-order valence-corrected chi connectivity index (χ1v) is 11.6. The zero-order chi connectivity index (χ0) is 25.2. The lowest BCUT2D eigenvalue weighted by Crippen LogP contribution is -2.49. The van der Waals surface area contributed by atoms with E-state index in [9.17, 15) is 22.8 Å². The number of benzene rings is 1. The number of carbonyl (C=O) groups excluding carboxylic acids is 1. The first kappa shape index (κ1) is 25.0. The summed E-state index contributed by atoms with van der Waals surface area (Å²) in [4.78, 5) is 29.4. The highest BCUT2D eigenvalue weighted by molar-refractivity contribution is 5.86. The summed E-state index contributed by atoms with van der Waals surface area (Å²) < 4.78 is 41.3. The minimum absolute atomic E-state index is 0.203. The molecule has 12 heteroatoms. The van der Waals surface area contributed by atoms with Crippen LogP contribution in [0.3, 0.4) is 0 Å². The summed E-state index contributed by atoms with van der Waals surface area (Å²) in [6.45, 7) is 3.75. The lowest BCUT2D eigenvalue weighted by molar-refractivity contribution is -0.137. The van der Waals surface area contributed by atoms with Crippen molar-refractivity contribution in [3.8, 4) is 0 Å². The molecule has 0 bridgehead atoms. The molecule has 9 nitrogen and oxygen atoms in total. The van der Waals surface area contributed by atoms with Crippen molar-refractivity contribution >= 4 is 17.7 Å². The number of halogens is 3. The first-order chi connectivity index (χ1) is 16.7. The summed E-state index contributed by atoms with van der Waals surface area (Å²) in [6, 6.07) is 5.19. The normalized spacial score (nSPS) is 18.2. The highest BCUT2D eigenvalue weighted by Crippen LogP contribution is 2.35. The van der Waals surface area contributed by atoms with Gasteiger partial charge in [-0.1, -0.05) is 6.07 Å². The van der Waals surface area contributed by atoms with Crippen molar-refractivity contribution in [1.29, 1.82) is 0 Å². The molecule has 1 aromatic carbocycles. The molecule has 2 saturated heterocycles. The number of carboxylic acids is 1. The van der Waals surface area contributed by atoms with Gasteiger partial charge in [-0.3, -0.25) is 4.90 Å². The molecule has 1 aromatic heterocycles. The fraction of sp³-hybridized carbons (Fsp3) is 0.522. The maximum absolute atomic E-state index is 13.4. The third-order valence-electron chi connectivity index (χ3n) is 6.70. The van der Waals surface area contributed by atoms with Crippen LogP contribution in [0.1, 0.15) is 34.5 Å². The number of nitrogens with zero attached hydrogens (tertiary/aromatic N) is 5. The van der Waals surface area contributed by atoms with Gasteiger partial charge < -0.3 is 20.2 Å². The highest BCUT2D eigenvalue weighted by atomic mass is 19.4. The van der Waals surface area contributed by atoms with Crippen LogP contribution in [0, 0.1) is 0 Å². The van der Waals surface area contributed by atoms with Crippen molar-refractivity contribution < 1.29 is 27.9 Å². The van der Waals surface area contributed by atoms with Gasteiger partial charge in [0.15, 0.2) is 5.69 Å². The minimum atomic E-state index is -4.41. The number of carbonyl (C=O) groups is 2. The molecule has 2 fully saturated rings. The first-order valence-electron chi connectivity index (χ1n) is 11.6. The molecule has 35 heavy (non-hydrogen) atoms. The second kappa shape index (κ2) is 10.2. The molecule has 0 radical (unpaired) electrons. The van der Waals surface area contributed by atoms with Crippen LogP contribution in [0.25, 0.3) is 0 Å². The van der Waals surface area contributed by atoms with E-state index >= 15 is 0 Å². The van der Waals surface area contributed by atoms with Crippen LogP contribution >= 0.6 is 0 Å². The Labute approximate surface area is 201 Å². The standard InChI is InChI=1S/C23H29F3N6O3/c1-27-18-4-7-30(8-5-18)20-14-17(23(24,25)26)3-2-16(20)15-29-10-12-31(13-11-29)22(35)32-9-6-19(28-32)21(33)34/h2-3,6,9,14,18,27H,4-5,7-8,10-13,15H2,1H3,(H,33,34). The number of anilines is 1. The Morgan fingerprint density at radius 1 is 1.09 bits per heavy atom. The van der Waals surface area contributed by atoms with E-state index in [2.05, 4.69) is 15.3 Å². The molecular formula is C23H29F3N6O3. The number of aromatic nitrogens is 2. The predicted octanol–water partition coefficient (Wildman–Crippen LogP) is 2.57. The molecule has 0 spiro atoms. The molecule has 0 aliphatic carbocycles. The number of rotatable bonds is 5. The van der Waals surface area contributed by atoms with Crippen LogP contribution in [0.15, 0.2) is 30.5 Å². The van der Waals surface area contributed by atoms with E-state index in [4.69, 9.17) is 5.11 Å². The molecule has 0 saturated carbocycles. The van der Waals surface area contributed by atoms with Crippen molar-refractivity contribution in [1.82, 2.24) is 24.9 Å². The Morgan fingerprint density at radius 3 is 2.34 bits per heavy atom. The number of piperazine rings is 1. The van der Waals surface area contributed by atoms with Crippen LogP contribution in [0.2, 0.25) is 0 Å². The van der Waals surface area contributed by atoms with E-state index < -0.39 is 23.7 Å². The van der Waals surface area contributed by atoms with Crippen LogP contribution < -0.4 is 10.2 Å². The van der Waals surface area contributed by atoms with Crippen molar-refractivity contribution in [2.45, 2.75) is 31.6 Å². The van der Waals surface area contributed by atoms with Crippen molar-refractivity contribution in [3.05, 3.63) is 47.3 Å². The summed E-state index contributed by atoms with van der Waals surface area (Å²) in [5, 5.41) is 16.0. The van der Waals surface area contributed by atoms with Crippen LogP contribution in [0.4, 0.5) is 23.7 Å². The Bertz CT molecular complexity index is 1060. The SMILES string of the molecule is CNC1CCN(c2cc(C(F)(F)F)ccc2CN2CCN(C(=O)n3ccc(C(=O)O)n3)CC2)CC1. The quantitative estimate of drug-likeness (QED) is 0.660. The Kier molecular flexibility index (Phi) is 7.31. The van der Waals surface area contributed by atoms with Gasteiger partial charge >= 0.3 is 18.2 Å². The summed E-state index contributed by atoms with van der Waals surface area (Å²) in [5.41, 5.74) is 0.595. The van der Waals surface area contributed by atoms with Gasteiger partial charge in [-0.15, -0.1) is 0 Å². The second-order valence-electron chi connectivity index (χ2n) is 8.89. The highest BCUT2D eigenvalue weighted by Gasteiger charge is 2.32. The number of nitrogens with one attached hydrogen (secondary N) is 1. The largest absolute Gasteiger partial charge is 0.476 e. The van der Waals surface area contributed by atoms with Crippen molar-refractivity contribution in [3.63, 3.8) is 0 Å². The monoisotopic (exact) mass is 494 g/mol.